The summed E-state index contributed by atoms with van der Waals surface area (Å²) < 4.78 is 5.93. The van der Waals surface area contributed by atoms with Gasteiger partial charge in [-0.1, -0.05) is 26.0 Å². The molecule has 0 saturated carbocycles. The van der Waals surface area contributed by atoms with Crippen molar-refractivity contribution in [1.29, 1.82) is 0 Å². The van der Waals surface area contributed by atoms with Crippen LogP contribution in [0.4, 0.5) is 11.4 Å². The van der Waals surface area contributed by atoms with Crippen LogP contribution in [0.3, 0.4) is 0 Å². The number of hydrogen-bond donors (Lipinski definition) is 2. The Kier molecular flexibility index (Phi) is 6.39. The Balaban J connectivity index is 2.04. The number of nitrogens with one attached hydrogen (secondary N) is 2. The molecule has 0 aliphatic heterocycles. The lowest BCUT2D eigenvalue weighted by Crippen LogP contribution is -2.30. The molecular formula is C21H26N2O3. The third-order valence-corrected chi connectivity index (χ3v) is 3.94. The second-order valence-electron chi connectivity index (χ2n) is 6.70. The Hall–Kier alpha value is -2.82. The van der Waals surface area contributed by atoms with Gasteiger partial charge in [0.25, 0.3) is 5.91 Å². The molecule has 2 aromatic rings. The molecule has 5 heteroatoms. The van der Waals surface area contributed by atoms with E-state index in [-0.39, 0.29) is 11.8 Å². The topological polar surface area (TPSA) is 67.4 Å². The first kappa shape index (κ1) is 19.5. The maximum atomic E-state index is 12.4. The third-order valence-electron chi connectivity index (χ3n) is 3.94. The van der Waals surface area contributed by atoms with Crippen molar-refractivity contribution >= 4 is 23.2 Å². The number of carbonyl (C=O) groups is 2. The van der Waals surface area contributed by atoms with Crippen LogP contribution in [0.25, 0.3) is 0 Å². The molecule has 0 aromatic heterocycles. The summed E-state index contributed by atoms with van der Waals surface area (Å²) in [6.45, 7) is 9.37. The summed E-state index contributed by atoms with van der Waals surface area (Å²) in [5.74, 6) is 0.683. The van der Waals surface area contributed by atoms with E-state index in [0.717, 1.165) is 16.9 Å². The van der Waals surface area contributed by atoms with Crippen LogP contribution in [0.1, 0.15) is 44.7 Å². The van der Waals surface area contributed by atoms with E-state index in [9.17, 15) is 9.59 Å². The molecular weight excluding hydrogens is 328 g/mol. The molecule has 0 fully saturated rings. The number of amides is 2. The fraction of sp³-hybridized carbons (Fsp3) is 0.333. The largest absolute Gasteiger partial charge is 0.481 e. The summed E-state index contributed by atoms with van der Waals surface area (Å²) in [7, 11) is 0. The average Bonchev–Trinajstić information content (AvgIpc) is 2.55. The van der Waals surface area contributed by atoms with Gasteiger partial charge in [-0.2, -0.15) is 0 Å². The van der Waals surface area contributed by atoms with Crippen molar-refractivity contribution in [3.05, 3.63) is 53.6 Å². The van der Waals surface area contributed by atoms with Crippen molar-refractivity contribution in [3.63, 3.8) is 0 Å². The van der Waals surface area contributed by atoms with Crippen LogP contribution in [0, 0.1) is 6.92 Å². The summed E-state index contributed by atoms with van der Waals surface area (Å²) in [6, 6.07) is 13.0. The molecule has 2 rings (SSSR count). The Labute approximate surface area is 154 Å². The van der Waals surface area contributed by atoms with Crippen molar-refractivity contribution in [1.82, 2.24) is 0 Å². The van der Waals surface area contributed by atoms with Crippen LogP contribution in [-0.2, 0) is 9.59 Å². The number of carbonyl (C=O) groups excluding carboxylic acids is 2. The highest BCUT2D eigenvalue weighted by Gasteiger charge is 2.18. The van der Waals surface area contributed by atoms with E-state index in [1.54, 1.807) is 31.2 Å². The Morgan fingerprint density at radius 1 is 0.923 bits per heavy atom. The van der Waals surface area contributed by atoms with Crippen molar-refractivity contribution in [2.45, 2.75) is 46.6 Å². The lowest BCUT2D eigenvalue weighted by atomic mass is 10.0. The van der Waals surface area contributed by atoms with Gasteiger partial charge in [0.15, 0.2) is 6.10 Å². The third kappa shape index (κ3) is 5.34. The predicted molar refractivity (Wildman–Crippen MR) is 105 cm³/mol. The quantitative estimate of drug-likeness (QED) is 0.803. The van der Waals surface area contributed by atoms with Crippen LogP contribution in [0.5, 0.6) is 5.75 Å². The molecule has 5 nitrogen and oxygen atoms in total. The first-order chi connectivity index (χ1) is 12.3. The summed E-state index contributed by atoms with van der Waals surface area (Å²) in [5, 5.41) is 5.52. The highest BCUT2D eigenvalue weighted by molar-refractivity contribution is 5.94. The van der Waals surface area contributed by atoms with Crippen LogP contribution >= 0.6 is 0 Å². The summed E-state index contributed by atoms with van der Waals surface area (Å²) in [4.78, 5) is 23.5. The zero-order valence-electron chi connectivity index (χ0n) is 15.9. The Morgan fingerprint density at radius 2 is 1.50 bits per heavy atom. The smallest absolute Gasteiger partial charge is 0.265 e. The van der Waals surface area contributed by atoms with E-state index in [1.807, 2.05) is 25.1 Å². The maximum absolute atomic E-state index is 12.4. The van der Waals surface area contributed by atoms with Crippen molar-refractivity contribution in [2.24, 2.45) is 0 Å². The molecule has 1 atom stereocenters. The van der Waals surface area contributed by atoms with Crippen molar-refractivity contribution in [3.8, 4) is 5.75 Å². The van der Waals surface area contributed by atoms with Gasteiger partial charge >= 0.3 is 0 Å². The van der Waals surface area contributed by atoms with E-state index in [2.05, 4.69) is 24.5 Å². The maximum Gasteiger partial charge on any atom is 0.265 e. The standard InChI is InChI=1S/C21H26N2O3/c1-13(2)19-11-6-14(3)12-20(19)26-15(4)21(25)23-18-9-7-17(8-10-18)22-16(5)24/h6-13,15H,1-5H3,(H,22,24)(H,23,25)/t15-/m1/s1. The number of ether oxygens (including phenoxy) is 1. The number of aryl methyl sites for hydroxylation is 1. The highest BCUT2D eigenvalue weighted by atomic mass is 16.5. The highest BCUT2D eigenvalue weighted by Crippen LogP contribution is 2.28. The predicted octanol–water partition coefficient (Wildman–Crippen LogP) is 4.48. The van der Waals surface area contributed by atoms with Gasteiger partial charge in [-0.05, 0) is 61.2 Å². The molecule has 0 aliphatic rings. The fourth-order valence-corrected chi connectivity index (χ4v) is 2.55. The minimum Gasteiger partial charge on any atom is -0.481 e. The lowest BCUT2D eigenvalue weighted by molar-refractivity contribution is -0.122. The van der Waals surface area contributed by atoms with E-state index in [4.69, 9.17) is 4.74 Å². The molecule has 0 saturated heterocycles. The molecule has 26 heavy (non-hydrogen) atoms. The SMILES string of the molecule is CC(=O)Nc1ccc(NC(=O)[C@@H](C)Oc2cc(C)ccc2C(C)C)cc1. The van der Waals surface area contributed by atoms with Crippen LogP contribution in [-0.4, -0.2) is 17.9 Å². The molecule has 0 aliphatic carbocycles. The molecule has 138 valence electrons. The van der Waals surface area contributed by atoms with Gasteiger partial charge in [-0.3, -0.25) is 9.59 Å². The monoisotopic (exact) mass is 354 g/mol. The van der Waals surface area contributed by atoms with Gasteiger partial charge in [-0.25, -0.2) is 0 Å². The van der Waals surface area contributed by atoms with Crippen molar-refractivity contribution < 1.29 is 14.3 Å². The summed E-state index contributed by atoms with van der Waals surface area (Å²) in [6.07, 6.45) is -0.635. The van der Waals surface area contributed by atoms with Crippen molar-refractivity contribution in [2.75, 3.05) is 10.6 Å². The Bertz CT molecular complexity index is 782. The normalized spacial score (nSPS) is 11.8. The van der Waals surface area contributed by atoms with Gasteiger partial charge in [-0.15, -0.1) is 0 Å². The van der Waals surface area contributed by atoms with Crippen LogP contribution in [0.15, 0.2) is 42.5 Å². The molecule has 0 heterocycles. The first-order valence-corrected chi connectivity index (χ1v) is 8.72. The minimum absolute atomic E-state index is 0.136. The van der Waals surface area contributed by atoms with Crippen LogP contribution < -0.4 is 15.4 Å². The summed E-state index contributed by atoms with van der Waals surface area (Å²) >= 11 is 0. The lowest BCUT2D eigenvalue weighted by Gasteiger charge is -2.19. The molecule has 2 N–H and O–H groups in total. The summed E-state index contributed by atoms with van der Waals surface area (Å²) in [5.41, 5.74) is 3.49. The fourth-order valence-electron chi connectivity index (χ4n) is 2.55. The number of anilines is 2. The molecule has 0 spiro atoms. The zero-order chi connectivity index (χ0) is 19.3. The molecule has 0 unspecified atom stereocenters. The van der Waals surface area contributed by atoms with Gasteiger partial charge in [0, 0.05) is 18.3 Å². The Morgan fingerprint density at radius 3 is 2.04 bits per heavy atom. The van der Waals surface area contributed by atoms with Crippen LogP contribution in [0.2, 0.25) is 0 Å². The number of benzene rings is 2. The van der Waals surface area contributed by atoms with Gasteiger partial charge in [0.2, 0.25) is 5.91 Å². The molecule has 2 amide bonds. The molecule has 2 aromatic carbocycles. The van der Waals surface area contributed by atoms with E-state index < -0.39 is 6.10 Å². The van der Waals surface area contributed by atoms with Gasteiger partial charge in [0.05, 0.1) is 0 Å². The number of rotatable bonds is 6. The minimum atomic E-state index is -0.635. The second kappa shape index (κ2) is 8.52. The van der Waals surface area contributed by atoms with Gasteiger partial charge < -0.3 is 15.4 Å². The average molecular weight is 354 g/mol. The van der Waals surface area contributed by atoms with E-state index in [1.165, 1.54) is 6.92 Å². The van der Waals surface area contributed by atoms with E-state index >= 15 is 0 Å². The van der Waals surface area contributed by atoms with E-state index in [0.29, 0.717) is 17.3 Å². The molecule has 0 bridgehead atoms. The van der Waals surface area contributed by atoms with Gasteiger partial charge in [0.1, 0.15) is 5.75 Å². The molecule has 0 radical (unpaired) electrons. The first-order valence-electron chi connectivity index (χ1n) is 8.72. The zero-order valence-corrected chi connectivity index (χ0v) is 15.9. The number of hydrogen-bond acceptors (Lipinski definition) is 3. The second-order valence-corrected chi connectivity index (χ2v) is 6.70.